The number of halogens is 1. The number of carbonyl (C=O) groups is 1. The third kappa shape index (κ3) is 3.04. The van der Waals surface area contributed by atoms with Crippen molar-refractivity contribution in [2.75, 3.05) is 5.32 Å². The fourth-order valence-electron chi connectivity index (χ4n) is 3.59. The Labute approximate surface area is 151 Å². The second-order valence-corrected chi connectivity index (χ2v) is 8.25. The molecule has 1 aliphatic carbocycles. The van der Waals surface area contributed by atoms with Crippen LogP contribution in [-0.4, -0.2) is 31.7 Å². The van der Waals surface area contributed by atoms with Crippen LogP contribution in [0.15, 0.2) is 18.5 Å². The number of fused-ring (bicyclic) bond motifs is 1. The van der Waals surface area contributed by atoms with Crippen LogP contribution in [0.5, 0.6) is 0 Å². The summed E-state index contributed by atoms with van der Waals surface area (Å²) in [5.41, 5.74) is 1.94. The number of anilines is 1. The van der Waals surface area contributed by atoms with Crippen molar-refractivity contribution in [1.29, 1.82) is 0 Å². The van der Waals surface area contributed by atoms with Crippen LogP contribution in [0.1, 0.15) is 32.5 Å². The molecular weight excluding hydrogens is 340 g/mol. The van der Waals surface area contributed by atoms with Gasteiger partial charge in [0.1, 0.15) is 11.6 Å². The Morgan fingerprint density at radius 2 is 2.12 bits per heavy atom. The van der Waals surface area contributed by atoms with Crippen LogP contribution in [-0.2, 0) is 17.8 Å². The highest BCUT2D eigenvalue weighted by Gasteiger charge is 2.34. The van der Waals surface area contributed by atoms with Crippen LogP contribution >= 0.6 is 11.6 Å². The summed E-state index contributed by atoms with van der Waals surface area (Å²) in [7, 11) is 0. The van der Waals surface area contributed by atoms with Gasteiger partial charge in [-0.2, -0.15) is 0 Å². The van der Waals surface area contributed by atoms with Gasteiger partial charge in [0.2, 0.25) is 5.91 Å². The Hall–Kier alpha value is -1.92. The predicted molar refractivity (Wildman–Crippen MR) is 95.3 cm³/mol. The number of aromatic nitrogens is 3. The van der Waals surface area contributed by atoms with E-state index in [1.165, 1.54) is 0 Å². The van der Waals surface area contributed by atoms with Crippen LogP contribution in [0.25, 0.3) is 11.3 Å². The molecule has 2 aromatic rings. The molecule has 1 fully saturated rings. The van der Waals surface area contributed by atoms with E-state index in [1.807, 2.05) is 6.20 Å². The highest BCUT2D eigenvalue weighted by atomic mass is 35.5. The van der Waals surface area contributed by atoms with Crippen molar-refractivity contribution in [2.24, 2.45) is 11.3 Å². The number of nitrogens with zero attached hydrogens (tertiary/aromatic N) is 3. The molecule has 0 saturated heterocycles. The maximum Gasteiger partial charge on any atom is 0.228 e. The summed E-state index contributed by atoms with van der Waals surface area (Å²) in [5, 5.41) is 12.7. The molecule has 4 rings (SSSR count). The third-order valence-electron chi connectivity index (χ3n) is 5.03. The fraction of sp³-hybridized carbons (Fsp3) is 0.500. The quantitative estimate of drug-likeness (QED) is 0.882. The van der Waals surface area contributed by atoms with Crippen molar-refractivity contribution in [3.63, 3.8) is 0 Å². The zero-order valence-corrected chi connectivity index (χ0v) is 15.0. The zero-order valence-electron chi connectivity index (χ0n) is 14.3. The summed E-state index contributed by atoms with van der Waals surface area (Å²) in [6, 6.07) is 1.80. The monoisotopic (exact) mass is 360 g/mol. The van der Waals surface area contributed by atoms with E-state index in [2.05, 4.69) is 33.7 Å². The zero-order chi connectivity index (χ0) is 17.8. The minimum Gasteiger partial charge on any atom is -0.393 e. The first-order chi connectivity index (χ1) is 11.8. The average molecular weight is 361 g/mol. The minimum absolute atomic E-state index is 0.106. The van der Waals surface area contributed by atoms with E-state index in [1.54, 1.807) is 12.3 Å². The summed E-state index contributed by atoms with van der Waals surface area (Å²) in [4.78, 5) is 20.9. The summed E-state index contributed by atoms with van der Waals surface area (Å²) in [5.74, 6) is 1.28. The highest BCUT2D eigenvalue weighted by Crippen LogP contribution is 2.37. The van der Waals surface area contributed by atoms with Crippen LogP contribution < -0.4 is 5.32 Å². The van der Waals surface area contributed by atoms with Crippen molar-refractivity contribution in [1.82, 2.24) is 14.5 Å². The van der Waals surface area contributed by atoms with Crippen LogP contribution in [0, 0.1) is 11.3 Å². The first kappa shape index (κ1) is 16.5. The number of rotatable bonds is 3. The topological polar surface area (TPSA) is 80.0 Å². The van der Waals surface area contributed by atoms with E-state index < -0.39 is 0 Å². The van der Waals surface area contributed by atoms with Crippen LogP contribution in [0.2, 0.25) is 5.02 Å². The maximum atomic E-state index is 12.2. The summed E-state index contributed by atoms with van der Waals surface area (Å²) >= 11 is 6.37. The molecule has 0 unspecified atom stereocenters. The molecular formula is C18H21ClN4O2. The van der Waals surface area contributed by atoms with Gasteiger partial charge < -0.3 is 15.0 Å². The second-order valence-electron chi connectivity index (χ2n) is 7.85. The van der Waals surface area contributed by atoms with E-state index in [0.717, 1.165) is 30.0 Å². The normalized spacial score (nSPS) is 23.8. The molecule has 1 aliphatic heterocycles. The number of carbonyl (C=O) groups excluding carboxylic acids is 1. The summed E-state index contributed by atoms with van der Waals surface area (Å²) in [6.45, 7) is 5.33. The SMILES string of the molecule is CC1(C)Cc2ncc(-c3cc(NC(=O)[C@H]4C[C@@H](O)C4)ncc3Cl)n2C1. The van der Waals surface area contributed by atoms with Gasteiger partial charge in [0.25, 0.3) is 0 Å². The van der Waals surface area contributed by atoms with Gasteiger partial charge >= 0.3 is 0 Å². The van der Waals surface area contributed by atoms with Gasteiger partial charge in [0.05, 0.1) is 23.0 Å². The number of nitrogens with one attached hydrogen (secondary N) is 1. The number of hydrogen-bond donors (Lipinski definition) is 2. The molecule has 25 heavy (non-hydrogen) atoms. The molecule has 0 aromatic carbocycles. The molecule has 0 radical (unpaired) electrons. The largest absolute Gasteiger partial charge is 0.393 e. The van der Waals surface area contributed by atoms with Crippen molar-refractivity contribution >= 4 is 23.3 Å². The molecule has 1 saturated carbocycles. The smallest absolute Gasteiger partial charge is 0.228 e. The molecule has 0 spiro atoms. The molecule has 0 bridgehead atoms. The Balaban J connectivity index is 1.60. The van der Waals surface area contributed by atoms with Crippen molar-refractivity contribution in [3.05, 3.63) is 29.3 Å². The van der Waals surface area contributed by atoms with Gasteiger partial charge in [-0.05, 0) is 24.3 Å². The van der Waals surface area contributed by atoms with Gasteiger partial charge in [-0.15, -0.1) is 0 Å². The standard InChI is InChI=1S/C18H21ClN4O2/c1-18(2)6-16-21-8-14(23(16)9-18)12-5-15(20-7-13(12)19)22-17(25)10-3-11(24)4-10/h5,7-8,10-11,24H,3-4,6,9H2,1-2H3,(H,20,22,25)/t10-,11+. The molecule has 6 nitrogen and oxygen atoms in total. The molecule has 3 heterocycles. The lowest BCUT2D eigenvalue weighted by Crippen LogP contribution is -2.37. The number of aliphatic hydroxyl groups excluding tert-OH is 1. The number of imidazole rings is 1. The average Bonchev–Trinajstić information content (AvgIpc) is 3.01. The Morgan fingerprint density at radius 1 is 1.36 bits per heavy atom. The van der Waals surface area contributed by atoms with Gasteiger partial charge in [-0.25, -0.2) is 9.97 Å². The number of amides is 1. The van der Waals surface area contributed by atoms with Crippen LogP contribution in [0.3, 0.4) is 0 Å². The summed E-state index contributed by atoms with van der Waals surface area (Å²) < 4.78 is 2.19. The summed E-state index contributed by atoms with van der Waals surface area (Å²) in [6.07, 6.45) is 4.99. The number of pyridine rings is 1. The Bertz CT molecular complexity index is 840. The molecule has 2 N–H and O–H groups in total. The molecule has 132 valence electrons. The second kappa shape index (κ2) is 5.81. The number of aliphatic hydroxyl groups is 1. The number of hydrogen-bond acceptors (Lipinski definition) is 4. The minimum atomic E-state index is -0.359. The van der Waals surface area contributed by atoms with Crippen molar-refractivity contribution < 1.29 is 9.90 Å². The molecule has 7 heteroatoms. The molecule has 1 amide bonds. The molecule has 2 aromatic heterocycles. The van der Waals surface area contributed by atoms with E-state index in [-0.39, 0.29) is 23.3 Å². The van der Waals surface area contributed by atoms with Gasteiger partial charge in [0.15, 0.2) is 0 Å². The first-order valence-corrected chi connectivity index (χ1v) is 8.89. The van der Waals surface area contributed by atoms with Gasteiger partial charge in [-0.3, -0.25) is 4.79 Å². The lowest BCUT2D eigenvalue weighted by atomic mass is 9.82. The molecule has 0 atom stereocenters. The highest BCUT2D eigenvalue weighted by molar-refractivity contribution is 6.33. The maximum absolute atomic E-state index is 12.2. The fourth-order valence-corrected chi connectivity index (χ4v) is 3.79. The Kier molecular flexibility index (Phi) is 3.85. The van der Waals surface area contributed by atoms with E-state index in [0.29, 0.717) is 23.7 Å². The van der Waals surface area contributed by atoms with E-state index in [4.69, 9.17) is 11.6 Å². The third-order valence-corrected chi connectivity index (χ3v) is 5.33. The first-order valence-electron chi connectivity index (χ1n) is 8.52. The lowest BCUT2D eigenvalue weighted by Gasteiger charge is -2.29. The van der Waals surface area contributed by atoms with Gasteiger partial charge in [-0.1, -0.05) is 25.4 Å². The van der Waals surface area contributed by atoms with Crippen molar-refractivity contribution in [2.45, 2.75) is 45.8 Å². The van der Waals surface area contributed by atoms with Crippen LogP contribution in [0.4, 0.5) is 5.82 Å². The van der Waals surface area contributed by atoms with Gasteiger partial charge in [0, 0.05) is 30.6 Å². The van der Waals surface area contributed by atoms with Crippen molar-refractivity contribution in [3.8, 4) is 11.3 Å². The molecule has 2 aliphatic rings. The van der Waals surface area contributed by atoms with E-state index in [9.17, 15) is 9.90 Å². The van der Waals surface area contributed by atoms with E-state index >= 15 is 0 Å². The Morgan fingerprint density at radius 3 is 2.84 bits per heavy atom. The predicted octanol–water partition coefficient (Wildman–Crippen LogP) is 2.89. The lowest BCUT2D eigenvalue weighted by molar-refractivity contribution is -0.126.